The monoisotopic (exact) mass is 386 g/mol. The Balaban J connectivity index is 1.46. The molecule has 0 unspecified atom stereocenters. The molecule has 0 aromatic heterocycles. The van der Waals surface area contributed by atoms with Crippen LogP contribution >= 0.6 is 0 Å². The third-order valence-corrected chi connectivity index (χ3v) is 6.79. The van der Waals surface area contributed by atoms with Gasteiger partial charge in [-0.15, -0.1) is 0 Å². The maximum Gasteiger partial charge on any atom is 0.258 e. The minimum absolute atomic E-state index is 0.0401. The zero-order valence-corrected chi connectivity index (χ0v) is 16.8. The van der Waals surface area contributed by atoms with Gasteiger partial charge in [-0.3, -0.25) is 9.59 Å². The van der Waals surface area contributed by atoms with E-state index in [-0.39, 0.29) is 29.1 Å². The van der Waals surface area contributed by atoms with E-state index in [2.05, 4.69) is 17.6 Å². The van der Waals surface area contributed by atoms with Crippen molar-refractivity contribution in [2.24, 2.45) is 17.3 Å². The number of carbonyl (C=O) groups excluding carboxylic acids is 2. The summed E-state index contributed by atoms with van der Waals surface area (Å²) in [6, 6.07) is 7.40. The second kappa shape index (κ2) is 7.39. The number of rotatable bonds is 6. The third-order valence-electron chi connectivity index (χ3n) is 6.79. The highest BCUT2D eigenvalue weighted by Crippen LogP contribution is 2.58. The van der Waals surface area contributed by atoms with Crippen LogP contribution in [0.2, 0.25) is 0 Å². The number of ether oxygens (including phenoxy) is 2. The highest BCUT2D eigenvalue weighted by Gasteiger charge is 2.61. The van der Waals surface area contributed by atoms with Crippen LogP contribution in [0.25, 0.3) is 0 Å². The lowest BCUT2D eigenvalue weighted by Crippen LogP contribution is -2.69. The smallest absolute Gasteiger partial charge is 0.258 e. The molecule has 1 heterocycles. The normalized spacial score (nSPS) is 33.1. The van der Waals surface area contributed by atoms with Crippen LogP contribution in [0.3, 0.4) is 0 Å². The first-order valence-electron chi connectivity index (χ1n) is 10.4. The van der Waals surface area contributed by atoms with Crippen LogP contribution in [-0.2, 0) is 9.53 Å². The van der Waals surface area contributed by atoms with Gasteiger partial charge in [-0.05, 0) is 50.2 Å². The van der Waals surface area contributed by atoms with Crippen LogP contribution in [0.1, 0.15) is 56.3 Å². The lowest BCUT2D eigenvalue weighted by Gasteiger charge is -2.59. The highest BCUT2D eigenvalue weighted by molar-refractivity contribution is 5.98. The summed E-state index contributed by atoms with van der Waals surface area (Å²) in [5.41, 5.74) is -0.286. The van der Waals surface area contributed by atoms with Gasteiger partial charge in [0.1, 0.15) is 5.75 Å². The second-order valence-electron chi connectivity index (χ2n) is 8.64. The quantitative estimate of drug-likeness (QED) is 0.737. The van der Waals surface area contributed by atoms with Crippen LogP contribution in [-0.4, -0.2) is 37.3 Å². The lowest BCUT2D eigenvalue weighted by molar-refractivity contribution is -0.167. The molecule has 2 N–H and O–H groups in total. The van der Waals surface area contributed by atoms with Crippen molar-refractivity contribution in [3.05, 3.63) is 29.8 Å². The first kappa shape index (κ1) is 19.2. The van der Waals surface area contributed by atoms with E-state index >= 15 is 0 Å². The maximum atomic E-state index is 12.9. The molecule has 5 rings (SSSR count). The molecule has 6 heteroatoms. The summed E-state index contributed by atoms with van der Waals surface area (Å²) in [5.74, 6) is 0.808. The topological polar surface area (TPSA) is 76.7 Å². The van der Waals surface area contributed by atoms with Crippen molar-refractivity contribution in [1.29, 1.82) is 0 Å². The Kier molecular flexibility index (Phi) is 5.08. The molecule has 1 aliphatic heterocycles. The van der Waals surface area contributed by atoms with Crippen LogP contribution < -0.4 is 15.4 Å². The minimum atomic E-state index is -0.690. The molecule has 2 amide bonds. The summed E-state index contributed by atoms with van der Waals surface area (Å²) in [7, 11) is 0. The van der Waals surface area contributed by atoms with E-state index in [4.69, 9.17) is 9.47 Å². The van der Waals surface area contributed by atoms with Crippen LogP contribution in [0.5, 0.6) is 5.75 Å². The standard InChI is InChI=1S/C22H30N2O4/c1-3-27-12-6-11-23-20(26)17-13-15-9-10-21(17,2)14-22(15)24-19(25)16-7-4-5-8-18(16)28-22/h4-5,7-8,15,17H,3,6,9-14H2,1-2H3,(H,23,26)(H,24,25)/t15-,17-,21+,22-/m1/s1. The first-order chi connectivity index (χ1) is 13.5. The maximum absolute atomic E-state index is 12.9. The molecule has 28 heavy (non-hydrogen) atoms. The van der Waals surface area contributed by atoms with E-state index in [0.29, 0.717) is 37.5 Å². The van der Waals surface area contributed by atoms with Gasteiger partial charge < -0.3 is 20.1 Å². The average molecular weight is 386 g/mol. The molecule has 3 saturated carbocycles. The largest absolute Gasteiger partial charge is 0.467 e. The lowest BCUT2D eigenvalue weighted by atomic mass is 9.52. The molecular weight excluding hydrogens is 356 g/mol. The molecule has 3 fully saturated rings. The summed E-state index contributed by atoms with van der Waals surface area (Å²) in [6.45, 7) is 6.15. The predicted molar refractivity (Wildman–Crippen MR) is 105 cm³/mol. The summed E-state index contributed by atoms with van der Waals surface area (Å²) in [6.07, 6.45) is 4.19. The van der Waals surface area contributed by atoms with Gasteiger partial charge in [0.15, 0.2) is 5.72 Å². The Morgan fingerprint density at radius 3 is 3.00 bits per heavy atom. The van der Waals surface area contributed by atoms with Gasteiger partial charge in [0.25, 0.3) is 5.91 Å². The predicted octanol–water partition coefficient (Wildman–Crippen LogP) is 2.87. The van der Waals surface area contributed by atoms with Crippen LogP contribution in [0, 0.1) is 17.3 Å². The molecule has 6 nitrogen and oxygen atoms in total. The van der Waals surface area contributed by atoms with Gasteiger partial charge in [0, 0.05) is 38.0 Å². The van der Waals surface area contributed by atoms with Crippen molar-refractivity contribution < 1.29 is 19.1 Å². The van der Waals surface area contributed by atoms with Crippen molar-refractivity contribution >= 4 is 11.8 Å². The fourth-order valence-electron chi connectivity index (χ4n) is 5.31. The molecule has 4 aliphatic rings. The number of benzene rings is 1. The van der Waals surface area contributed by atoms with Gasteiger partial charge >= 0.3 is 0 Å². The van der Waals surface area contributed by atoms with Crippen LogP contribution in [0.15, 0.2) is 24.3 Å². The fraction of sp³-hybridized carbons (Fsp3) is 0.636. The van der Waals surface area contributed by atoms with E-state index < -0.39 is 5.72 Å². The average Bonchev–Trinajstić information content (AvgIpc) is 2.67. The third kappa shape index (κ3) is 3.28. The van der Waals surface area contributed by atoms with E-state index in [1.807, 2.05) is 25.1 Å². The second-order valence-corrected chi connectivity index (χ2v) is 8.64. The number of hydrogen-bond acceptors (Lipinski definition) is 4. The Morgan fingerprint density at radius 1 is 1.39 bits per heavy atom. The molecule has 4 atom stereocenters. The van der Waals surface area contributed by atoms with Crippen molar-refractivity contribution in [1.82, 2.24) is 10.6 Å². The summed E-state index contributed by atoms with van der Waals surface area (Å²) in [5, 5.41) is 6.25. The van der Waals surface area contributed by atoms with Crippen molar-refractivity contribution in [2.75, 3.05) is 19.8 Å². The number of nitrogens with one attached hydrogen (secondary N) is 2. The SMILES string of the molecule is CCOCCCNC(=O)[C@H]1C[C@H]2CC[C@@]1(C)C[C@]21NC(=O)c2ccccc2O1. The van der Waals surface area contributed by atoms with Crippen molar-refractivity contribution in [2.45, 2.75) is 51.7 Å². The van der Waals surface area contributed by atoms with Crippen molar-refractivity contribution in [3.63, 3.8) is 0 Å². The molecule has 3 aliphatic carbocycles. The van der Waals surface area contributed by atoms with Gasteiger partial charge in [0.2, 0.25) is 5.91 Å². The van der Waals surface area contributed by atoms with Gasteiger partial charge in [-0.25, -0.2) is 0 Å². The number of amides is 2. The zero-order valence-electron chi connectivity index (χ0n) is 16.8. The van der Waals surface area contributed by atoms with Gasteiger partial charge in [-0.1, -0.05) is 19.1 Å². The number of fused-ring (bicyclic) bond motifs is 3. The van der Waals surface area contributed by atoms with E-state index in [0.717, 1.165) is 25.7 Å². The summed E-state index contributed by atoms with van der Waals surface area (Å²) >= 11 is 0. The Labute approximate surface area is 166 Å². The zero-order chi connectivity index (χ0) is 19.8. The Hall–Kier alpha value is -2.08. The molecular formula is C22H30N2O4. The van der Waals surface area contributed by atoms with Crippen LogP contribution in [0.4, 0.5) is 0 Å². The Morgan fingerprint density at radius 2 is 2.21 bits per heavy atom. The van der Waals surface area contributed by atoms with E-state index in [9.17, 15) is 9.59 Å². The molecule has 1 spiro atoms. The molecule has 1 aromatic carbocycles. The minimum Gasteiger partial charge on any atom is -0.467 e. The molecule has 1 aromatic rings. The van der Waals surface area contributed by atoms with Gasteiger partial charge in [-0.2, -0.15) is 0 Å². The molecule has 2 bridgehead atoms. The van der Waals surface area contributed by atoms with E-state index in [1.54, 1.807) is 6.07 Å². The number of carbonyl (C=O) groups is 2. The fourth-order valence-corrected chi connectivity index (χ4v) is 5.31. The molecule has 0 saturated heterocycles. The molecule has 0 radical (unpaired) electrons. The summed E-state index contributed by atoms with van der Waals surface area (Å²) in [4.78, 5) is 25.6. The first-order valence-corrected chi connectivity index (χ1v) is 10.4. The number of hydrogen-bond donors (Lipinski definition) is 2. The van der Waals surface area contributed by atoms with Crippen molar-refractivity contribution in [3.8, 4) is 5.75 Å². The molecule has 152 valence electrons. The van der Waals surface area contributed by atoms with E-state index in [1.165, 1.54) is 0 Å². The number of para-hydroxylation sites is 1. The summed E-state index contributed by atoms with van der Waals surface area (Å²) < 4.78 is 11.7. The van der Waals surface area contributed by atoms with Gasteiger partial charge in [0.05, 0.1) is 5.56 Å². The Bertz CT molecular complexity index is 767. The highest BCUT2D eigenvalue weighted by atomic mass is 16.5.